The van der Waals surface area contributed by atoms with Gasteiger partial charge in [0.15, 0.2) is 17.6 Å². The molecule has 4 N–H and O–H groups in total. The number of guanidine groups is 2. The van der Waals surface area contributed by atoms with Crippen LogP contribution in [0.25, 0.3) is 0 Å². The molecule has 1 aromatic carbocycles. The van der Waals surface area contributed by atoms with Crippen LogP contribution < -0.4 is 25.8 Å². The minimum atomic E-state index is -0.468. The Bertz CT molecular complexity index is 742. The van der Waals surface area contributed by atoms with Crippen molar-refractivity contribution in [3.63, 3.8) is 0 Å². The lowest BCUT2D eigenvalue weighted by molar-refractivity contribution is 0.0272. The van der Waals surface area contributed by atoms with E-state index in [1.807, 2.05) is 23.1 Å². The van der Waals surface area contributed by atoms with Gasteiger partial charge in [0.1, 0.15) is 12.3 Å². The molecule has 1 aliphatic carbocycles. The summed E-state index contributed by atoms with van der Waals surface area (Å²) in [6, 6.07) is 5.81. The van der Waals surface area contributed by atoms with Gasteiger partial charge in [-0.15, -0.1) is 0 Å². The molecule has 1 aromatic rings. The predicted octanol–water partition coefficient (Wildman–Crippen LogP) is 1.58. The molecule has 8 nitrogen and oxygen atoms in total. The SMILES string of the molecule is COCC1COc2ccc(N3C(N)=NC(N)=NC34CCCCC4)cc2O1. The van der Waals surface area contributed by atoms with Gasteiger partial charge in [-0.1, -0.05) is 6.42 Å². The lowest BCUT2D eigenvalue weighted by Crippen LogP contribution is -2.58. The third kappa shape index (κ3) is 2.94. The second-order valence-electron chi connectivity index (χ2n) is 6.96. The molecule has 140 valence electrons. The highest BCUT2D eigenvalue weighted by atomic mass is 16.6. The summed E-state index contributed by atoms with van der Waals surface area (Å²) >= 11 is 0. The number of anilines is 1. The summed E-state index contributed by atoms with van der Waals surface area (Å²) in [6.45, 7) is 0.944. The normalized spacial score (nSPS) is 24.2. The van der Waals surface area contributed by atoms with Gasteiger partial charge in [-0.2, -0.15) is 4.99 Å². The fraction of sp³-hybridized carbons (Fsp3) is 0.556. The zero-order valence-electron chi connectivity index (χ0n) is 15.0. The van der Waals surface area contributed by atoms with Gasteiger partial charge in [0.2, 0.25) is 11.9 Å². The largest absolute Gasteiger partial charge is 0.486 e. The molecule has 0 aromatic heterocycles. The van der Waals surface area contributed by atoms with E-state index < -0.39 is 5.66 Å². The fourth-order valence-corrected chi connectivity index (χ4v) is 4.01. The van der Waals surface area contributed by atoms with Gasteiger partial charge in [-0.05, 0) is 37.8 Å². The van der Waals surface area contributed by atoms with Crippen molar-refractivity contribution in [3.05, 3.63) is 18.2 Å². The molecular formula is C18H25N5O3. The van der Waals surface area contributed by atoms with E-state index in [0.29, 0.717) is 30.7 Å². The second kappa shape index (κ2) is 6.68. The van der Waals surface area contributed by atoms with Gasteiger partial charge >= 0.3 is 0 Å². The number of ether oxygens (including phenoxy) is 3. The van der Waals surface area contributed by atoms with Gasteiger partial charge in [0.05, 0.1) is 12.3 Å². The van der Waals surface area contributed by atoms with Gasteiger partial charge in [0.25, 0.3) is 0 Å². The standard InChI is InChI=1S/C18H25N5O3/c1-24-10-13-11-25-14-6-5-12(9-15(14)26-13)23-17(20)21-16(19)22-18(23)7-3-2-4-8-18/h5-6,9,13H,2-4,7-8,10-11H2,1H3,(H4,19,20,21,22). The zero-order valence-corrected chi connectivity index (χ0v) is 15.0. The van der Waals surface area contributed by atoms with Gasteiger partial charge in [0, 0.05) is 13.2 Å². The summed E-state index contributed by atoms with van der Waals surface area (Å²) < 4.78 is 17.0. The third-order valence-corrected chi connectivity index (χ3v) is 5.11. The van der Waals surface area contributed by atoms with Crippen molar-refractivity contribution in [2.24, 2.45) is 21.5 Å². The molecule has 8 heteroatoms. The van der Waals surface area contributed by atoms with E-state index in [1.165, 1.54) is 6.42 Å². The molecule has 0 radical (unpaired) electrons. The lowest BCUT2D eigenvalue weighted by Gasteiger charge is -2.45. The lowest BCUT2D eigenvalue weighted by atomic mass is 9.87. The molecule has 2 aliphatic heterocycles. The van der Waals surface area contributed by atoms with Crippen LogP contribution >= 0.6 is 0 Å². The molecule has 1 saturated carbocycles. The van der Waals surface area contributed by atoms with Crippen LogP contribution in [-0.4, -0.2) is 44.0 Å². The van der Waals surface area contributed by atoms with Crippen LogP contribution in [-0.2, 0) is 4.74 Å². The first-order valence-electron chi connectivity index (χ1n) is 9.03. The van der Waals surface area contributed by atoms with E-state index in [-0.39, 0.29) is 12.1 Å². The number of hydrogen-bond donors (Lipinski definition) is 2. The molecule has 0 amide bonds. The van der Waals surface area contributed by atoms with E-state index in [4.69, 9.17) is 30.7 Å². The Labute approximate surface area is 152 Å². The fourth-order valence-electron chi connectivity index (χ4n) is 4.01. The van der Waals surface area contributed by atoms with Crippen LogP contribution in [0.4, 0.5) is 5.69 Å². The molecule has 1 unspecified atom stereocenters. The van der Waals surface area contributed by atoms with Crippen molar-refractivity contribution >= 4 is 17.6 Å². The molecular weight excluding hydrogens is 334 g/mol. The van der Waals surface area contributed by atoms with Gasteiger partial charge < -0.3 is 25.7 Å². The average Bonchev–Trinajstić information content (AvgIpc) is 2.61. The molecule has 3 aliphatic rings. The molecule has 4 rings (SSSR count). The second-order valence-corrected chi connectivity index (χ2v) is 6.96. The van der Waals surface area contributed by atoms with Crippen molar-refractivity contribution in [2.45, 2.75) is 43.9 Å². The van der Waals surface area contributed by atoms with E-state index in [9.17, 15) is 0 Å². The number of nitrogens with zero attached hydrogens (tertiary/aromatic N) is 3. The predicted molar refractivity (Wildman–Crippen MR) is 99.8 cm³/mol. The van der Waals surface area contributed by atoms with Crippen LogP contribution in [0.2, 0.25) is 0 Å². The molecule has 26 heavy (non-hydrogen) atoms. The van der Waals surface area contributed by atoms with Crippen LogP contribution in [0.15, 0.2) is 28.2 Å². The van der Waals surface area contributed by atoms with Crippen LogP contribution in [0, 0.1) is 0 Å². The van der Waals surface area contributed by atoms with Crippen molar-refractivity contribution in [1.29, 1.82) is 0 Å². The highest BCUT2D eigenvalue weighted by molar-refractivity contribution is 6.05. The first-order chi connectivity index (χ1) is 12.6. The Kier molecular flexibility index (Phi) is 4.36. The third-order valence-electron chi connectivity index (χ3n) is 5.11. The molecule has 0 saturated heterocycles. The number of rotatable bonds is 3. The number of aliphatic imine (C=N–C) groups is 2. The van der Waals surface area contributed by atoms with Crippen molar-refractivity contribution in [3.8, 4) is 11.5 Å². The van der Waals surface area contributed by atoms with Crippen molar-refractivity contribution < 1.29 is 14.2 Å². The first-order valence-corrected chi connectivity index (χ1v) is 9.03. The molecule has 1 atom stereocenters. The summed E-state index contributed by atoms with van der Waals surface area (Å²) in [7, 11) is 1.65. The van der Waals surface area contributed by atoms with Crippen LogP contribution in [0.1, 0.15) is 32.1 Å². The topological polar surface area (TPSA) is 108 Å². The molecule has 1 fully saturated rings. The quantitative estimate of drug-likeness (QED) is 0.848. The average molecular weight is 359 g/mol. The van der Waals surface area contributed by atoms with Crippen LogP contribution in [0.5, 0.6) is 11.5 Å². The molecule has 0 bridgehead atoms. The number of nitrogens with two attached hydrogens (primary N) is 2. The van der Waals surface area contributed by atoms with E-state index in [2.05, 4.69) is 4.99 Å². The van der Waals surface area contributed by atoms with Crippen LogP contribution in [0.3, 0.4) is 0 Å². The van der Waals surface area contributed by atoms with E-state index >= 15 is 0 Å². The highest BCUT2D eigenvalue weighted by Crippen LogP contribution is 2.42. The number of methoxy groups -OCH3 is 1. The Hall–Kier alpha value is -2.48. The first kappa shape index (κ1) is 17.0. The maximum atomic E-state index is 6.28. The Balaban J connectivity index is 1.69. The minimum Gasteiger partial charge on any atom is -0.486 e. The van der Waals surface area contributed by atoms with Crippen molar-refractivity contribution in [1.82, 2.24) is 0 Å². The smallest absolute Gasteiger partial charge is 0.220 e. The van der Waals surface area contributed by atoms with Crippen molar-refractivity contribution in [2.75, 3.05) is 25.2 Å². The number of benzene rings is 1. The van der Waals surface area contributed by atoms with Gasteiger partial charge in [-0.25, -0.2) is 4.99 Å². The zero-order chi connectivity index (χ0) is 18.1. The highest BCUT2D eigenvalue weighted by Gasteiger charge is 2.43. The summed E-state index contributed by atoms with van der Waals surface area (Å²) in [5.74, 6) is 2.01. The number of hydrogen-bond acceptors (Lipinski definition) is 8. The summed E-state index contributed by atoms with van der Waals surface area (Å²) in [5, 5.41) is 0. The maximum Gasteiger partial charge on any atom is 0.220 e. The summed E-state index contributed by atoms with van der Waals surface area (Å²) in [4.78, 5) is 10.9. The molecule has 2 heterocycles. The van der Waals surface area contributed by atoms with Gasteiger partial charge in [-0.3, -0.25) is 4.90 Å². The minimum absolute atomic E-state index is 0.132. The Morgan fingerprint density at radius 1 is 1.23 bits per heavy atom. The van der Waals surface area contributed by atoms with E-state index in [1.54, 1.807) is 7.11 Å². The number of fused-ring (bicyclic) bond motifs is 1. The Morgan fingerprint density at radius 3 is 2.81 bits per heavy atom. The maximum absolute atomic E-state index is 6.28. The van der Waals surface area contributed by atoms with E-state index in [0.717, 1.165) is 31.4 Å². The molecule has 1 spiro atoms. The monoisotopic (exact) mass is 359 g/mol. The summed E-state index contributed by atoms with van der Waals surface area (Å²) in [6.07, 6.45) is 5.02. The Morgan fingerprint density at radius 2 is 2.04 bits per heavy atom. The summed E-state index contributed by atoms with van der Waals surface area (Å²) in [5.41, 5.74) is 12.6.